The van der Waals surface area contributed by atoms with Gasteiger partial charge in [0.1, 0.15) is 5.75 Å². The van der Waals surface area contributed by atoms with Gasteiger partial charge >= 0.3 is 0 Å². The third kappa shape index (κ3) is 2.99. The van der Waals surface area contributed by atoms with Crippen molar-refractivity contribution < 1.29 is 9.90 Å². The maximum atomic E-state index is 12.4. The lowest BCUT2D eigenvalue weighted by molar-refractivity contribution is 0.0741. The van der Waals surface area contributed by atoms with Crippen LogP contribution in [0.3, 0.4) is 0 Å². The van der Waals surface area contributed by atoms with Crippen LogP contribution in [-0.2, 0) is 0 Å². The van der Waals surface area contributed by atoms with Crippen molar-refractivity contribution in [3.8, 4) is 5.75 Å². The van der Waals surface area contributed by atoms with E-state index in [0.29, 0.717) is 11.1 Å². The summed E-state index contributed by atoms with van der Waals surface area (Å²) in [6.07, 6.45) is 3.16. The number of para-hydroxylation sites is 1. The molecule has 1 aromatic heterocycles. The number of phenolic OH excluding ortho intramolecular Hbond substituents is 1. The fourth-order valence-electron chi connectivity index (χ4n) is 1.96. The smallest absolute Gasteiger partial charge is 0.255 e. The molecule has 0 aliphatic carbocycles. The average Bonchev–Trinajstić information content (AvgIpc) is 2.45. The monoisotopic (exact) mass is 334 g/mol. The molecular formula is C15H15BrN2O2. The summed E-state index contributed by atoms with van der Waals surface area (Å²) < 4.78 is 0.756. The number of hydrogen-bond acceptors (Lipinski definition) is 3. The fraction of sp³-hybridized carbons (Fsp3) is 0.200. The van der Waals surface area contributed by atoms with Crippen LogP contribution in [0.5, 0.6) is 5.75 Å². The summed E-state index contributed by atoms with van der Waals surface area (Å²) in [6.45, 7) is 1.87. The van der Waals surface area contributed by atoms with E-state index >= 15 is 0 Å². The summed E-state index contributed by atoms with van der Waals surface area (Å²) >= 11 is 3.30. The van der Waals surface area contributed by atoms with Gasteiger partial charge in [-0.25, -0.2) is 0 Å². The molecule has 0 saturated heterocycles. The molecule has 0 saturated carbocycles. The van der Waals surface area contributed by atoms with Gasteiger partial charge in [0, 0.05) is 29.5 Å². The van der Waals surface area contributed by atoms with E-state index in [0.717, 1.165) is 4.47 Å². The van der Waals surface area contributed by atoms with Crippen molar-refractivity contribution in [2.75, 3.05) is 7.05 Å². The van der Waals surface area contributed by atoms with Crippen LogP contribution in [0.1, 0.15) is 28.9 Å². The standard InChI is InChI=1S/C15H15BrN2O2/c1-10(13-5-3-4-6-14(13)19)18(2)15(20)11-7-12(16)9-17-8-11/h3-10,19H,1-2H3. The van der Waals surface area contributed by atoms with Gasteiger partial charge in [0.05, 0.1) is 11.6 Å². The topological polar surface area (TPSA) is 53.4 Å². The number of aromatic hydroxyl groups is 1. The normalized spacial score (nSPS) is 11.9. The molecule has 4 nitrogen and oxygen atoms in total. The largest absolute Gasteiger partial charge is 0.508 e. The summed E-state index contributed by atoms with van der Waals surface area (Å²) in [4.78, 5) is 18.0. The number of nitrogens with zero attached hydrogens (tertiary/aromatic N) is 2. The first-order valence-corrected chi connectivity index (χ1v) is 6.95. The Labute approximate surface area is 126 Å². The van der Waals surface area contributed by atoms with Crippen LogP contribution in [0.2, 0.25) is 0 Å². The van der Waals surface area contributed by atoms with Crippen LogP contribution >= 0.6 is 15.9 Å². The Bertz CT molecular complexity index is 631. The predicted molar refractivity (Wildman–Crippen MR) is 80.6 cm³/mol. The number of benzene rings is 1. The molecule has 0 fully saturated rings. The second-order valence-electron chi connectivity index (χ2n) is 4.54. The SMILES string of the molecule is CC(c1ccccc1O)N(C)C(=O)c1cncc(Br)c1. The Morgan fingerprint density at radius 3 is 2.70 bits per heavy atom. The molecule has 1 heterocycles. The number of aromatic nitrogens is 1. The highest BCUT2D eigenvalue weighted by Gasteiger charge is 2.21. The van der Waals surface area contributed by atoms with Crippen molar-refractivity contribution in [1.82, 2.24) is 9.88 Å². The maximum Gasteiger partial charge on any atom is 0.255 e. The van der Waals surface area contributed by atoms with Gasteiger partial charge in [0.15, 0.2) is 0 Å². The molecule has 2 rings (SSSR count). The molecule has 0 aliphatic rings. The summed E-state index contributed by atoms with van der Waals surface area (Å²) in [5.74, 6) is 0.0431. The zero-order valence-electron chi connectivity index (χ0n) is 11.2. The van der Waals surface area contributed by atoms with Gasteiger partial charge in [-0.1, -0.05) is 18.2 Å². The molecule has 104 valence electrons. The van der Waals surface area contributed by atoms with Crippen LogP contribution in [0.25, 0.3) is 0 Å². The van der Waals surface area contributed by atoms with E-state index in [1.165, 1.54) is 6.20 Å². The summed E-state index contributed by atoms with van der Waals surface area (Å²) in [5, 5.41) is 9.87. The zero-order chi connectivity index (χ0) is 14.7. The minimum Gasteiger partial charge on any atom is -0.508 e. The number of carbonyl (C=O) groups excluding carboxylic acids is 1. The molecule has 0 bridgehead atoms. The van der Waals surface area contributed by atoms with Crippen LogP contribution in [0.15, 0.2) is 47.2 Å². The Kier molecular flexibility index (Phi) is 4.39. The third-order valence-electron chi connectivity index (χ3n) is 3.24. The van der Waals surface area contributed by atoms with Crippen LogP contribution in [-0.4, -0.2) is 27.9 Å². The van der Waals surface area contributed by atoms with E-state index in [9.17, 15) is 9.90 Å². The third-order valence-corrected chi connectivity index (χ3v) is 3.67. The molecule has 0 spiro atoms. The lowest BCUT2D eigenvalue weighted by atomic mass is 10.1. The van der Waals surface area contributed by atoms with Crippen LogP contribution in [0, 0.1) is 0 Å². The number of rotatable bonds is 3. The highest BCUT2D eigenvalue weighted by molar-refractivity contribution is 9.10. The summed E-state index contributed by atoms with van der Waals surface area (Å²) in [5.41, 5.74) is 1.22. The van der Waals surface area contributed by atoms with Crippen LogP contribution in [0.4, 0.5) is 0 Å². The maximum absolute atomic E-state index is 12.4. The van der Waals surface area contributed by atoms with E-state index in [2.05, 4.69) is 20.9 Å². The highest BCUT2D eigenvalue weighted by Crippen LogP contribution is 2.28. The Balaban J connectivity index is 2.25. The average molecular weight is 335 g/mol. The first-order chi connectivity index (χ1) is 9.50. The molecule has 1 amide bonds. The van der Waals surface area contributed by atoms with E-state index in [1.54, 1.807) is 36.3 Å². The first-order valence-electron chi connectivity index (χ1n) is 6.16. The van der Waals surface area contributed by atoms with E-state index in [4.69, 9.17) is 0 Å². The molecule has 5 heteroatoms. The van der Waals surface area contributed by atoms with Gasteiger partial charge in [-0.3, -0.25) is 9.78 Å². The molecule has 20 heavy (non-hydrogen) atoms. The van der Waals surface area contributed by atoms with Gasteiger partial charge < -0.3 is 10.0 Å². The zero-order valence-corrected chi connectivity index (χ0v) is 12.8. The number of hydrogen-bond donors (Lipinski definition) is 1. The minimum absolute atomic E-state index is 0.144. The molecule has 0 aliphatic heterocycles. The van der Waals surface area contributed by atoms with E-state index in [-0.39, 0.29) is 17.7 Å². The predicted octanol–water partition coefficient (Wildman–Crippen LogP) is 3.38. The highest BCUT2D eigenvalue weighted by atomic mass is 79.9. The molecule has 1 atom stereocenters. The van der Waals surface area contributed by atoms with Crippen molar-refractivity contribution in [1.29, 1.82) is 0 Å². The van der Waals surface area contributed by atoms with Crippen molar-refractivity contribution in [3.05, 3.63) is 58.3 Å². The van der Waals surface area contributed by atoms with Crippen molar-refractivity contribution in [3.63, 3.8) is 0 Å². The van der Waals surface area contributed by atoms with Gasteiger partial charge in [-0.2, -0.15) is 0 Å². The quantitative estimate of drug-likeness (QED) is 0.936. The minimum atomic E-state index is -0.234. The van der Waals surface area contributed by atoms with Crippen molar-refractivity contribution in [2.45, 2.75) is 13.0 Å². The van der Waals surface area contributed by atoms with Crippen LogP contribution < -0.4 is 0 Å². The molecule has 0 radical (unpaired) electrons. The summed E-state index contributed by atoms with van der Waals surface area (Å²) in [6, 6.07) is 8.51. The van der Waals surface area contributed by atoms with Crippen molar-refractivity contribution >= 4 is 21.8 Å². The molecule has 2 aromatic rings. The second kappa shape index (κ2) is 6.05. The first kappa shape index (κ1) is 14.5. The van der Waals surface area contributed by atoms with E-state index in [1.807, 2.05) is 19.1 Å². The second-order valence-corrected chi connectivity index (χ2v) is 5.46. The van der Waals surface area contributed by atoms with Gasteiger partial charge in [-0.15, -0.1) is 0 Å². The fourth-order valence-corrected chi connectivity index (χ4v) is 2.32. The Morgan fingerprint density at radius 2 is 2.05 bits per heavy atom. The number of pyridine rings is 1. The molecular weight excluding hydrogens is 320 g/mol. The number of phenols is 1. The number of amides is 1. The lowest BCUT2D eigenvalue weighted by Gasteiger charge is -2.26. The lowest BCUT2D eigenvalue weighted by Crippen LogP contribution is -2.29. The number of halogens is 1. The Hall–Kier alpha value is -1.88. The molecule has 1 N–H and O–H groups in total. The van der Waals surface area contributed by atoms with Gasteiger partial charge in [0.25, 0.3) is 5.91 Å². The Morgan fingerprint density at radius 1 is 1.35 bits per heavy atom. The van der Waals surface area contributed by atoms with E-state index < -0.39 is 0 Å². The van der Waals surface area contributed by atoms with Crippen molar-refractivity contribution in [2.24, 2.45) is 0 Å². The molecule has 1 unspecified atom stereocenters. The molecule has 1 aromatic carbocycles. The number of carbonyl (C=O) groups is 1. The van der Waals surface area contributed by atoms with Gasteiger partial charge in [-0.05, 0) is 35.0 Å². The summed E-state index contributed by atoms with van der Waals surface area (Å²) in [7, 11) is 1.71. The van der Waals surface area contributed by atoms with Gasteiger partial charge in [0.2, 0.25) is 0 Å².